The summed E-state index contributed by atoms with van der Waals surface area (Å²) >= 11 is 11.8. The zero-order valence-electron chi connectivity index (χ0n) is 36.1. The van der Waals surface area contributed by atoms with Crippen molar-refractivity contribution in [2.75, 3.05) is 13.1 Å². The lowest BCUT2D eigenvalue weighted by Gasteiger charge is -2.39. The number of alkyl halides is 4. The van der Waals surface area contributed by atoms with Gasteiger partial charge in [-0.3, -0.25) is 23.7 Å². The Morgan fingerprint density at radius 3 is 1.62 bits per heavy atom. The van der Waals surface area contributed by atoms with Gasteiger partial charge in [-0.1, -0.05) is 57.7 Å². The molecule has 2 fully saturated rings. The number of rotatable bonds is 8. The van der Waals surface area contributed by atoms with E-state index in [0.717, 1.165) is 12.2 Å². The maximum atomic E-state index is 13.7. The summed E-state index contributed by atoms with van der Waals surface area (Å²) < 4.78 is 80.4. The van der Waals surface area contributed by atoms with Crippen molar-refractivity contribution < 1.29 is 40.7 Å². The molecule has 2 aromatic heterocycles. The molecule has 4 aliphatic rings. The van der Waals surface area contributed by atoms with Crippen molar-refractivity contribution in [1.29, 1.82) is 0 Å². The molecular formula is C43H52BCl2F6N9O3. The molecule has 0 saturated heterocycles. The molecule has 2 unspecified atom stereocenters. The molecular weight excluding hydrogens is 886 g/mol. The molecule has 2 saturated carbocycles. The highest BCUT2D eigenvalue weighted by molar-refractivity contribution is 6.31. The number of halogens is 8. The van der Waals surface area contributed by atoms with Crippen LogP contribution in [0.2, 0.25) is 16.9 Å². The minimum Gasteiger partial charge on any atom is -0.365 e. The highest BCUT2D eigenvalue weighted by Crippen LogP contribution is 2.45. The molecule has 346 valence electrons. The van der Waals surface area contributed by atoms with Crippen molar-refractivity contribution >= 4 is 48.8 Å². The van der Waals surface area contributed by atoms with Gasteiger partial charge in [0.05, 0.1) is 59.0 Å². The van der Waals surface area contributed by atoms with E-state index in [1.807, 2.05) is 18.5 Å². The third-order valence-corrected chi connectivity index (χ3v) is 12.2. The largest absolute Gasteiger partial charge is 0.365 e. The predicted octanol–water partition coefficient (Wildman–Crippen LogP) is 8.10. The van der Waals surface area contributed by atoms with E-state index in [1.54, 1.807) is 15.6 Å². The second kappa shape index (κ2) is 20.3. The first kappa shape index (κ1) is 50.4. The number of aromatic nitrogens is 4. The van der Waals surface area contributed by atoms with Crippen molar-refractivity contribution in [2.24, 2.45) is 35.0 Å². The van der Waals surface area contributed by atoms with Crippen LogP contribution in [-0.2, 0) is 17.9 Å². The van der Waals surface area contributed by atoms with E-state index < -0.39 is 35.3 Å². The van der Waals surface area contributed by atoms with Crippen molar-refractivity contribution in [2.45, 2.75) is 110 Å². The van der Waals surface area contributed by atoms with Gasteiger partial charge in [0.1, 0.15) is 23.0 Å². The Hall–Kier alpha value is -4.59. The summed E-state index contributed by atoms with van der Waals surface area (Å²) in [7, 11) is 4.50. The maximum absolute atomic E-state index is 13.7. The third kappa shape index (κ3) is 11.3. The first-order chi connectivity index (χ1) is 30.0. The van der Waals surface area contributed by atoms with Crippen molar-refractivity contribution in [3.63, 3.8) is 0 Å². The van der Waals surface area contributed by atoms with Crippen LogP contribution in [0.15, 0.2) is 36.4 Å². The number of benzene rings is 2. The third-order valence-electron chi connectivity index (χ3n) is 11.6. The number of carbonyl (C=O) groups is 3. The lowest BCUT2D eigenvalue weighted by Crippen LogP contribution is -2.45. The number of nitrogens with zero attached hydrogens (tertiary/aromatic N) is 5. The average molecular weight is 939 g/mol. The fourth-order valence-electron chi connectivity index (χ4n) is 8.20. The van der Waals surface area contributed by atoms with Gasteiger partial charge in [-0.05, 0) is 54.2 Å². The second-order valence-electron chi connectivity index (χ2n) is 17.1. The van der Waals surface area contributed by atoms with Gasteiger partial charge in [0.2, 0.25) is 11.8 Å². The summed E-state index contributed by atoms with van der Waals surface area (Å²) in [6.07, 6.45) is -0.749. The molecule has 2 aliphatic heterocycles. The molecule has 3 amide bonds. The Bertz CT molecular complexity index is 2350. The topological polar surface area (TPSA) is 180 Å². The van der Waals surface area contributed by atoms with Crippen LogP contribution in [0.1, 0.15) is 104 Å². The zero-order chi connectivity index (χ0) is 47.6. The smallest absolute Gasteiger partial charge is 0.252 e. The van der Waals surface area contributed by atoms with Crippen LogP contribution >= 0.6 is 23.2 Å². The molecule has 8 rings (SSSR count). The number of primary amides is 2. The SMILES string of the molecule is CC(C)C1CN(C(=O)CC2CC(F)(F)C2)Cc2c(C(N)=O)c(-c3ccc(F)c(Cl)c3)nn21.CC(C)C1CNCc2c(C(N)=O)c(-c3ccc(F)c(Cl)c3)nn21.NC1CC(F)(F)C1.[B]C. The normalized spacial score (nSPS) is 19.7. The minimum absolute atomic E-state index is 0.0116. The standard InChI is InChI=1S/C22H24ClF3N4O2.C16H18ClFN4O.C4H7F2N.CH3B/c1-11(2)16-9-29(18(31)5-12-7-22(25,26)8-12)10-17-19(21(27)32)20(28-30(16)17)13-3-4-15(24)14(23)6-13;1-8(2)12-6-20-7-13-14(16(19)23)15(21-22(12)13)9-3-4-11(18)10(17)5-9;5-4(6)1-3(7)2-4;1-2/h3-4,6,11-12,16H,5,7-10H2,1-2H3,(H2,27,32);3-5,8,12,20H,6-7H2,1-2H3,(H2,19,23);3H,1-2,7H2;1H3. The van der Waals surface area contributed by atoms with Gasteiger partial charge in [-0.15, -0.1) is 0 Å². The van der Waals surface area contributed by atoms with Gasteiger partial charge < -0.3 is 27.4 Å². The predicted molar refractivity (Wildman–Crippen MR) is 233 cm³/mol. The van der Waals surface area contributed by atoms with Gasteiger partial charge in [0, 0.05) is 68.9 Å². The van der Waals surface area contributed by atoms with Gasteiger partial charge in [-0.25, -0.2) is 26.3 Å². The molecule has 0 bridgehead atoms. The molecule has 7 N–H and O–H groups in total. The van der Waals surface area contributed by atoms with E-state index in [-0.39, 0.29) is 95.8 Å². The average Bonchev–Trinajstić information content (AvgIpc) is 3.79. The van der Waals surface area contributed by atoms with Crippen molar-refractivity contribution in [3.05, 3.63) is 80.6 Å². The Balaban J connectivity index is 0.000000209. The molecule has 12 nitrogen and oxygen atoms in total. The lowest BCUT2D eigenvalue weighted by molar-refractivity contribution is -0.144. The van der Waals surface area contributed by atoms with E-state index in [9.17, 15) is 40.7 Å². The first-order valence-electron chi connectivity index (χ1n) is 20.8. The van der Waals surface area contributed by atoms with Crippen molar-refractivity contribution in [3.8, 4) is 22.5 Å². The summed E-state index contributed by atoms with van der Waals surface area (Å²) in [6, 6.07) is 7.96. The van der Waals surface area contributed by atoms with Crippen LogP contribution in [0.5, 0.6) is 0 Å². The van der Waals surface area contributed by atoms with Gasteiger partial charge in [0.25, 0.3) is 17.7 Å². The molecule has 21 heteroatoms. The Labute approximate surface area is 379 Å². The molecule has 2 aromatic carbocycles. The van der Waals surface area contributed by atoms with Crippen LogP contribution in [0.3, 0.4) is 0 Å². The van der Waals surface area contributed by atoms with Crippen LogP contribution in [0.25, 0.3) is 22.5 Å². The van der Waals surface area contributed by atoms with Crippen LogP contribution in [0.4, 0.5) is 26.3 Å². The van der Waals surface area contributed by atoms with Gasteiger partial charge >= 0.3 is 0 Å². The lowest BCUT2D eigenvalue weighted by atomic mass is 9.79. The van der Waals surface area contributed by atoms with Gasteiger partial charge in [0.15, 0.2) is 0 Å². The maximum Gasteiger partial charge on any atom is 0.252 e. The summed E-state index contributed by atoms with van der Waals surface area (Å²) in [4.78, 5) is 38.9. The number of carbonyl (C=O) groups excluding carboxylic acids is 3. The number of nitrogens with two attached hydrogens (primary N) is 3. The number of fused-ring (bicyclic) bond motifs is 2. The van der Waals surface area contributed by atoms with Crippen LogP contribution < -0.4 is 22.5 Å². The summed E-state index contributed by atoms with van der Waals surface area (Å²) in [5, 5.41) is 12.4. The van der Waals surface area contributed by atoms with E-state index >= 15 is 0 Å². The van der Waals surface area contributed by atoms with Crippen LogP contribution in [-0.4, -0.2) is 81.0 Å². The molecule has 2 aliphatic carbocycles. The van der Waals surface area contributed by atoms with Gasteiger partial charge in [-0.2, -0.15) is 10.2 Å². The molecule has 2 radical (unpaired) electrons. The monoisotopic (exact) mass is 937 g/mol. The van der Waals surface area contributed by atoms with Crippen LogP contribution in [0, 0.1) is 29.4 Å². The Morgan fingerprint density at radius 2 is 1.23 bits per heavy atom. The fourth-order valence-corrected chi connectivity index (χ4v) is 8.57. The van der Waals surface area contributed by atoms with E-state index in [2.05, 4.69) is 37.2 Å². The molecule has 2 atom stereocenters. The number of nitrogens with one attached hydrogen (secondary N) is 1. The molecule has 64 heavy (non-hydrogen) atoms. The number of amides is 3. The van der Waals surface area contributed by atoms with E-state index in [0.29, 0.717) is 47.1 Å². The summed E-state index contributed by atoms with van der Waals surface area (Å²) in [5.74, 6) is -7.67. The molecule has 4 aromatic rings. The molecule has 4 heterocycles. The Morgan fingerprint density at radius 1 is 0.781 bits per heavy atom. The minimum atomic E-state index is -2.68. The second-order valence-corrected chi connectivity index (χ2v) is 17.9. The van der Waals surface area contributed by atoms with E-state index in [4.69, 9.17) is 40.4 Å². The zero-order valence-corrected chi connectivity index (χ0v) is 37.6. The number of hydrogen-bond donors (Lipinski definition) is 4. The van der Waals surface area contributed by atoms with Crippen molar-refractivity contribution in [1.82, 2.24) is 29.8 Å². The highest BCUT2D eigenvalue weighted by atomic mass is 35.5. The summed E-state index contributed by atoms with van der Waals surface area (Å²) in [5.41, 5.74) is 19.8. The Kier molecular flexibility index (Phi) is 16.0. The molecule has 0 spiro atoms. The summed E-state index contributed by atoms with van der Waals surface area (Å²) in [6.45, 7) is 11.4. The fraction of sp³-hybridized carbons (Fsp3) is 0.512. The number of hydrogen-bond acceptors (Lipinski definition) is 7. The quantitative estimate of drug-likeness (QED) is 0.102. The first-order valence-corrected chi connectivity index (χ1v) is 21.5. The highest BCUT2D eigenvalue weighted by Gasteiger charge is 2.47. The van der Waals surface area contributed by atoms with E-state index in [1.165, 1.54) is 37.2 Å².